The third-order valence-electron chi connectivity index (χ3n) is 3.01. The molecular formula is C14H18ClN3. The van der Waals surface area contributed by atoms with Crippen LogP contribution in [0, 0.1) is 0 Å². The minimum atomic E-state index is 0.418. The molecule has 4 heteroatoms. The van der Waals surface area contributed by atoms with Gasteiger partial charge in [-0.05, 0) is 37.1 Å². The number of aromatic nitrogens is 2. The Labute approximate surface area is 113 Å². The van der Waals surface area contributed by atoms with E-state index in [-0.39, 0.29) is 0 Å². The Balaban J connectivity index is 1.83. The van der Waals surface area contributed by atoms with Crippen LogP contribution in [-0.4, -0.2) is 15.8 Å². The zero-order valence-electron chi connectivity index (χ0n) is 10.7. The average molecular weight is 264 g/mol. The summed E-state index contributed by atoms with van der Waals surface area (Å²) in [5.74, 6) is 0. The highest BCUT2D eigenvalue weighted by atomic mass is 35.5. The van der Waals surface area contributed by atoms with Gasteiger partial charge in [-0.2, -0.15) is 5.10 Å². The molecule has 0 fully saturated rings. The molecule has 18 heavy (non-hydrogen) atoms. The first-order valence-corrected chi connectivity index (χ1v) is 6.47. The van der Waals surface area contributed by atoms with Gasteiger partial charge in [0.15, 0.2) is 0 Å². The molecule has 0 saturated carbocycles. The van der Waals surface area contributed by atoms with Crippen molar-refractivity contribution in [3.8, 4) is 0 Å². The fourth-order valence-corrected chi connectivity index (χ4v) is 2.03. The number of nitrogens with zero attached hydrogens (tertiary/aromatic N) is 2. The number of rotatable bonds is 5. The van der Waals surface area contributed by atoms with E-state index in [9.17, 15) is 0 Å². The van der Waals surface area contributed by atoms with Gasteiger partial charge in [0, 0.05) is 30.9 Å². The van der Waals surface area contributed by atoms with Crippen molar-refractivity contribution in [1.29, 1.82) is 0 Å². The molecule has 0 amide bonds. The molecule has 3 nitrogen and oxygen atoms in total. The van der Waals surface area contributed by atoms with Crippen molar-refractivity contribution in [3.63, 3.8) is 0 Å². The summed E-state index contributed by atoms with van der Waals surface area (Å²) in [7, 11) is 1.96. The van der Waals surface area contributed by atoms with Crippen LogP contribution >= 0.6 is 11.6 Å². The molecule has 0 aliphatic rings. The van der Waals surface area contributed by atoms with Gasteiger partial charge in [0.05, 0.1) is 5.69 Å². The van der Waals surface area contributed by atoms with Crippen LogP contribution in [0.4, 0.5) is 0 Å². The summed E-state index contributed by atoms with van der Waals surface area (Å²) >= 11 is 5.87. The number of aryl methyl sites for hydroxylation is 1. The maximum Gasteiger partial charge on any atom is 0.0518 e. The molecule has 1 N–H and O–H groups in total. The zero-order chi connectivity index (χ0) is 13.0. The van der Waals surface area contributed by atoms with Crippen LogP contribution < -0.4 is 5.32 Å². The van der Waals surface area contributed by atoms with Gasteiger partial charge >= 0.3 is 0 Å². The van der Waals surface area contributed by atoms with Gasteiger partial charge in [0.25, 0.3) is 0 Å². The zero-order valence-corrected chi connectivity index (χ0v) is 11.5. The highest BCUT2D eigenvalue weighted by Crippen LogP contribution is 2.11. The second-order valence-electron chi connectivity index (χ2n) is 4.56. The Bertz CT molecular complexity index is 490. The minimum absolute atomic E-state index is 0.418. The lowest BCUT2D eigenvalue weighted by Gasteiger charge is -2.14. The molecule has 0 aliphatic carbocycles. The summed E-state index contributed by atoms with van der Waals surface area (Å²) in [4.78, 5) is 0. The van der Waals surface area contributed by atoms with Gasteiger partial charge in [0.1, 0.15) is 0 Å². The molecule has 1 unspecified atom stereocenters. The second kappa shape index (κ2) is 6.03. The maximum atomic E-state index is 5.87. The van der Waals surface area contributed by atoms with E-state index in [2.05, 4.69) is 29.5 Å². The Morgan fingerprint density at radius 3 is 2.61 bits per heavy atom. The molecule has 0 aliphatic heterocycles. The lowest BCUT2D eigenvalue weighted by molar-refractivity contribution is 0.526. The van der Waals surface area contributed by atoms with Crippen LogP contribution in [-0.2, 0) is 20.0 Å². The SMILES string of the molecule is CC(Cc1ccc(Cl)cc1)NCc1ccnn1C. The van der Waals surface area contributed by atoms with Gasteiger partial charge in [-0.25, -0.2) is 0 Å². The molecule has 1 aromatic carbocycles. The van der Waals surface area contributed by atoms with Crippen molar-refractivity contribution in [2.24, 2.45) is 7.05 Å². The van der Waals surface area contributed by atoms with Crippen molar-refractivity contribution in [1.82, 2.24) is 15.1 Å². The molecular weight excluding hydrogens is 246 g/mol. The number of halogens is 1. The molecule has 96 valence electrons. The van der Waals surface area contributed by atoms with Crippen molar-refractivity contribution in [2.45, 2.75) is 25.9 Å². The molecule has 1 heterocycles. The molecule has 0 saturated heterocycles. The van der Waals surface area contributed by atoms with Crippen LogP contribution in [0.1, 0.15) is 18.2 Å². The van der Waals surface area contributed by atoms with Crippen LogP contribution in [0.15, 0.2) is 36.5 Å². The number of hydrogen-bond donors (Lipinski definition) is 1. The predicted octanol–water partition coefficient (Wildman–Crippen LogP) is 2.79. The van der Waals surface area contributed by atoms with Gasteiger partial charge in [-0.15, -0.1) is 0 Å². The fourth-order valence-electron chi connectivity index (χ4n) is 1.90. The van der Waals surface area contributed by atoms with Gasteiger partial charge in [-0.3, -0.25) is 4.68 Å². The van der Waals surface area contributed by atoms with E-state index < -0.39 is 0 Å². The van der Waals surface area contributed by atoms with Crippen LogP contribution in [0.2, 0.25) is 5.02 Å². The lowest BCUT2D eigenvalue weighted by atomic mass is 10.1. The normalized spacial score (nSPS) is 12.6. The third kappa shape index (κ3) is 3.59. The predicted molar refractivity (Wildman–Crippen MR) is 74.7 cm³/mol. The molecule has 0 bridgehead atoms. The van der Waals surface area contributed by atoms with E-state index in [1.54, 1.807) is 0 Å². The van der Waals surface area contributed by atoms with E-state index in [0.29, 0.717) is 6.04 Å². The smallest absolute Gasteiger partial charge is 0.0518 e. The van der Waals surface area contributed by atoms with Crippen LogP contribution in [0.25, 0.3) is 0 Å². The van der Waals surface area contributed by atoms with Crippen molar-refractivity contribution in [3.05, 3.63) is 52.8 Å². The molecule has 0 radical (unpaired) electrons. The molecule has 1 atom stereocenters. The number of benzene rings is 1. The number of nitrogens with one attached hydrogen (secondary N) is 1. The topological polar surface area (TPSA) is 29.9 Å². The van der Waals surface area contributed by atoms with E-state index >= 15 is 0 Å². The monoisotopic (exact) mass is 263 g/mol. The summed E-state index contributed by atoms with van der Waals surface area (Å²) in [6.07, 6.45) is 2.82. The minimum Gasteiger partial charge on any atom is -0.308 e. The standard InChI is InChI=1S/C14H18ClN3/c1-11(9-12-3-5-13(15)6-4-12)16-10-14-7-8-17-18(14)2/h3-8,11,16H,9-10H2,1-2H3. The summed E-state index contributed by atoms with van der Waals surface area (Å²) < 4.78 is 1.89. The number of hydrogen-bond acceptors (Lipinski definition) is 2. The van der Waals surface area contributed by atoms with E-state index in [1.807, 2.05) is 36.1 Å². The third-order valence-corrected chi connectivity index (χ3v) is 3.26. The van der Waals surface area contributed by atoms with E-state index in [1.165, 1.54) is 11.3 Å². The lowest BCUT2D eigenvalue weighted by Crippen LogP contribution is -2.28. The largest absolute Gasteiger partial charge is 0.308 e. The van der Waals surface area contributed by atoms with E-state index in [0.717, 1.165) is 18.0 Å². The van der Waals surface area contributed by atoms with Crippen molar-refractivity contribution >= 4 is 11.6 Å². The van der Waals surface area contributed by atoms with Gasteiger partial charge < -0.3 is 5.32 Å². The fraction of sp³-hybridized carbons (Fsp3) is 0.357. The first-order valence-electron chi connectivity index (χ1n) is 6.10. The second-order valence-corrected chi connectivity index (χ2v) is 5.00. The Kier molecular flexibility index (Phi) is 4.39. The first-order chi connectivity index (χ1) is 8.65. The highest BCUT2D eigenvalue weighted by Gasteiger charge is 2.05. The molecule has 1 aromatic heterocycles. The Morgan fingerprint density at radius 1 is 1.28 bits per heavy atom. The maximum absolute atomic E-state index is 5.87. The quantitative estimate of drug-likeness (QED) is 0.899. The summed E-state index contributed by atoms with van der Waals surface area (Å²) in [6.45, 7) is 3.02. The van der Waals surface area contributed by atoms with Crippen molar-refractivity contribution < 1.29 is 0 Å². The molecule has 0 spiro atoms. The van der Waals surface area contributed by atoms with Crippen molar-refractivity contribution in [2.75, 3.05) is 0 Å². The molecule has 2 rings (SSSR count). The Hall–Kier alpha value is -1.32. The molecule has 2 aromatic rings. The van der Waals surface area contributed by atoms with Crippen LogP contribution in [0.3, 0.4) is 0 Å². The summed E-state index contributed by atoms with van der Waals surface area (Å²) in [5.41, 5.74) is 2.49. The summed E-state index contributed by atoms with van der Waals surface area (Å²) in [5, 5.41) is 8.43. The van der Waals surface area contributed by atoms with Gasteiger partial charge in [-0.1, -0.05) is 23.7 Å². The van der Waals surface area contributed by atoms with Gasteiger partial charge in [0.2, 0.25) is 0 Å². The van der Waals surface area contributed by atoms with Crippen LogP contribution in [0.5, 0.6) is 0 Å². The summed E-state index contributed by atoms with van der Waals surface area (Å²) in [6, 6.07) is 10.5. The average Bonchev–Trinajstić information content (AvgIpc) is 2.75. The first kappa shape index (κ1) is 13.1. The highest BCUT2D eigenvalue weighted by molar-refractivity contribution is 6.30. The Morgan fingerprint density at radius 2 is 2.00 bits per heavy atom. The van der Waals surface area contributed by atoms with E-state index in [4.69, 9.17) is 11.6 Å².